The minimum atomic E-state index is 1.06. The highest BCUT2D eigenvalue weighted by atomic mass is 14.1. The predicted molar refractivity (Wildman–Crippen MR) is 101 cm³/mol. The molecule has 0 atom stereocenters. The summed E-state index contributed by atoms with van der Waals surface area (Å²) in [6.45, 7) is 6.58. The SMILES string of the molecule is CCc1ccc(-c2cccc(-c3ccc(C)cc3CC)c2)cc1. The fourth-order valence-corrected chi connectivity index (χ4v) is 3.10. The molecule has 23 heavy (non-hydrogen) atoms. The van der Waals surface area contributed by atoms with E-state index in [1.54, 1.807) is 0 Å². The molecule has 3 aromatic carbocycles. The van der Waals surface area contributed by atoms with Gasteiger partial charge in [-0.3, -0.25) is 0 Å². The van der Waals surface area contributed by atoms with Crippen molar-refractivity contribution in [3.63, 3.8) is 0 Å². The third-order valence-corrected chi connectivity index (χ3v) is 4.51. The van der Waals surface area contributed by atoms with E-state index in [4.69, 9.17) is 0 Å². The van der Waals surface area contributed by atoms with E-state index in [1.165, 1.54) is 38.9 Å². The molecule has 116 valence electrons. The molecule has 3 rings (SSSR count). The Labute approximate surface area is 139 Å². The van der Waals surface area contributed by atoms with Crippen molar-refractivity contribution >= 4 is 0 Å². The number of aryl methyl sites for hydroxylation is 3. The summed E-state index contributed by atoms with van der Waals surface area (Å²) in [5.74, 6) is 0. The molecule has 0 aromatic heterocycles. The van der Waals surface area contributed by atoms with E-state index in [0.717, 1.165) is 12.8 Å². The second-order valence-corrected chi connectivity index (χ2v) is 6.15. The van der Waals surface area contributed by atoms with E-state index >= 15 is 0 Å². The Kier molecular flexibility index (Phi) is 4.62. The molecule has 0 amide bonds. The lowest BCUT2D eigenvalue weighted by Crippen LogP contribution is -1.90. The first kappa shape index (κ1) is 15.6. The molecule has 0 aliphatic carbocycles. The molecule has 0 unspecified atom stereocenters. The molecule has 0 spiro atoms. The lowest BCUT2D eigenvalue weighted by atomic mass is 9.93. The van der Waals surface area contributed by atoms with Crippen molar-refractivity contribution < 1.29 is 0 Å². The van der Waals surface area contributed by atoms with Gasteiger partial charge in [-0.2, -0.15) is 0 Å². The number of rotatable bonds is 4. The van der Waals surface area contributed by atoms with Crippen LogP contribution in [-0.2, 0) is 12.8 Å². The molecule has 0 bridgehead atoms. The van der Waals surface area contributed by atoms with Crippen LogP contribution in [0.15, 0.2) is 66.7 Å². The van der Waals surface area contributed by atoms with Gasteiger partial charge in [0.2, 0.25) is 0 Å². The minimum Gasteiger partial charge on any atom is -0.0613 e. The van der Waals surface area contributed by atoms with E-state index in [9.17, 15) is 0 Å². The zero-order chi connectivity index (χ0) is 16.2. The van der Waals surface area contributed by atoms with E-state index in [0.29, 0.717) is 0 Å². The van der Waals surface area contributed by atoms with Crippen molar-refractivity contribution in [2.75, 3.05) is 0 Å². The van der Waals surface area contributed by atoms with Crippen LogP contribution < -0.4 is 0 Å². The molecule has 0 heterocycles. The van der Waals surface area contributed by atoms with Crippen LogP contribution in [-0.4, -0.2) is 0 Å². The van der Waals surface area contributed by atoms with E-state index in [2.05, 4.69) is 87.5 Å². The summed E-state index contributed by atoms with van der Waals surface area (Å²) in [5, 5.41) is 0. The first-order chi connectivity index (χ1) is 11.2. The maximum atomic E-state index is 2.31. The van der Waals surface area contributed by atoms with Gasteiger partial charge in [0.1, 0.15) is 0 Å². The summed E-state index contributed by atoms with van der Waals surface area (Å²) in [6.07, 6.45) is 2.15. The van der Waals surface area contributed by atoms with Crippen LogP contribution >= 0.6 is 0 Å². The molecule has 3 aromatic rings. The molecule has 0 nitrogen and oxygen atoms in total. The van der Waals surface area contributed by atoms with Gasteiger partial charge in [0.25, 0.3) is 0 Å². The Hall–Kier alpha value is -2.34. The quantitative estimate of drug-likeness (QED) is 0.519. The van der Waals surface area contributed by atoms with Gasteiger partial charge in [-0.15, -0.1) is 0 Å². The standard InChI is InChI=1S/C23H24/c1-4-18-10-12-20(13-11-18)21-7-6-8-22(16-21)23-14-9-17(3)15-19(23)5-2/h6-16H,4-5H2,1-3H3. The molecular formula is C23H24. The van der Waals surface area contributed by atoms with E-state index in [-0.39, 0.29) is 0 Å². The third-order valence-electron chi connectivity index (χ3n) is 4.51. The fourth-order valence-electron chi connectivity index (χ4n) is 3.10. The zero-order valence-corrected chi connectivity index (χ0v) is 14.3. The summed E-state index contributed by atoms with van der Waals surface area (Å²) in [5.41, 5.74) is 9.36. The maximum Gasteiger partial charge on any atom is -0.0152 e. The Bertz CT molecular complexity index is 795. The van der Waals surface area contributed by atoms with Crippen molar-refractivity contribution in [1.29, 1.82) is 0 Å². The molecule has 0 saturated carbocycles. The summed E-state index contributed by atoms with van der Waals surface area (Å²) in [7, 11) is 0. The van der Waals surface area contributed by atoms with Gasteiger partial charge in [0.05, 0.1) is 0 Å². The van der Waals surface area contributed by atoms with Crippen LogP contribution in [0.25, 0.3) is 22.3 Å². The van der Waals surface area contributed by atoms with Crippen LogP contribution in [0.4, 0.5) is 0 Å². The minimum absolute atomic E-state index is 1.06. The van der Waals surface area contributed by atoms with Crippen molar-refractivity contribution in [3.05, 3.63) is 83.4 Å². The van der Waals surface area contributed by atoms with Crippen molar-refractivity contribution in [2.24, 2.45) is 0 Å². The van der Waals surface area contributed by atoms with Gasteiger partial charge in [-0.05, 0) is 59.2 Å². The topological polar surface area (TPSA) is 0 Å². The molecule has 0 aliphatic rings. The molecule has 0 saturated heterocycles. The maximum absolute atomic E-state index is 2.31. The van der Waals surface area contributed by atoms with Gasteiger partial charge in [-0.25, -0.2) is 0 Å². The van der Waals surface area contributed by atoms with Crippen molar-refractivity contribution in [3.8, 4) is 22.3 Å². The van der Waals surface area contributed by atoms with Crippen molar-refractivity contribution in [1.82, 2.24) is 0 Å². The van der Waals surface area contributed by atoms with Gasteiger partial charge in [0, 0.05) is 0 Å². The van der Waals surface area contributed by atoms with Crippen LogP contribution in [0, 0.1) is 6.92 Å². The average molecular weight is 300 g/mol. The van der Waals surface area contributed by atoms with Crippen molar-refractivity contribution in [2.45, 2.75) is 33.6 Å². The smallest absolute Gasteiger partial charge is 0.0152 e. The van der Waals surface area contributed by atoms with Gasteiger partial charge >= 0.3 is 0 Å². The Morgan fingerprint density at radius 1 is 0.652 bits per heavy atom. The van der Waals surface area contributed by atoms with E-state index in [1.807, 2.05) is 0 Å². The van der Waals surface area contributed by atoms with Gasteiger partial charge in [0.15, 0.2) is 0 Å². The summed E-state index contributed by atoms with van der Waals surface area (Å²) in [6, 6.07) is 24.6. The average Bonchev–Trinajstić information content (AvgIpc) is 2.61. The Balaban J connectivity index is 2.02. The van der Waals surface area contributed by atoms with Crippen LogP contribution in [0.3, 0.4) is 0 Å². The largest absolute Gasteiger partial charge is 0.0613 e. The number of benzene rings is 3. The lowest BCUT2D eigenvalue weighted by Gasteiger charge is -2.11. The normalized spacial score (nSPS) is 10.7. The van der Waals surface area contributed by atoms with Gasteiger partial charge < -0.3 is 0 Å². The van der Waals surface area contributed by atoms with Gasteiger partial charge in [-0.1, -0.05) is 80.1 Å². The van der Waals surface area contributed by atoms with Crippen LogP contribution in [0.1, 0.15) is 30.5 Å². The highest BCUT2D eigenvalue weighted by Gasteiger charge is 2.06. The Morgan fingerprint density at radius 2 is 1.39 bits per heavy atom. The lowest BCUT2D eigenvalue weighted by molar-refractivity contribution is 1.13. The number of hydrogen-bond donors (Lipinski definition) is 0. The molecule has 0 N–H and O–H groups in total. The molecule has 0 heteroatoms. The third kappa shape index (κ3) is 3.37. The van der Waals surface area contributed by atoms with E-state index < -0.39 is 0 Å². The molecule has 0 radical (unpaired) electrons. The fraction of sp³-hybridized carbons (Fsp3) is 0.217. The second kappa shape index (κ2) is 6.83. The van der Waals surface area contributed by atoms with Crippen LogP contribution in [0.2, 0.25) is 0 Å². The second-order valence-electron chi connectivity index (χ2n) is 6.15. The Morgan fingerprint density at radius 3 is 2.09 bits per heavy atom. The first-order valence-electron chi connectivity index (χ1n) is 8.50. The first-order valence-corrected chi connectivity index (χ1v) is 8.50. The monoisotopic (exact) mass is 300 g/mol. The van der Waals surface area contributed by atoms with Crippen LogP contribution in [0.5, 0.6) is 0 Å². The highest BCUT2D eigenvalue weighted by Crippen LogP contribution is 2.29. The number of hydrogen-bond acceptors (Lipinski definition) is 0. The predicted octanol–water partition coefficient (Wildman–Crippen LogP) is 6.45. The summed E-state index contributed by atoms with van der Waals surface area (Å²) >= 11 is 0. The molecule has 0 fully saturated rings. The summed E-state index contributed by atoms with van der Waals surface area (Å²) < 4.78 is 0. The zero-order valence-electron chi connectivity index (χ0n) is 14.3. The summed E-state index contributed by atoms with van der Waals surface area (Å²) in [4.78, 5) is 0. The molecule has 0 aliphatic heterocycles. The highest BCUT2D eigenvalue weighted by molar-refractivity contribution is 5.75. The molecular weight excluding hydrogens is 276 g/mol.